The van der Waals surface area contributed by atoms with Gasteiger partial charge in [-0.15, -0.1) is 0 Å². The molecule has 0 fully saturated rings. The molecule has 0 aliphatic carbocycles. The zero-order chi connectivity index (χ0) is 23.2. The van der Waals surface area contributed by atoms with E-state index in [0.29, 0.717) is 19.0 Å². The smallest absolute Gasteiger partial charge is 0.179 e. The molecule has 0 unspecified atom stereocenters. The van der Waals surface area contributed by atoms with Crippen molar-refractivity contribution in [1.29, 1.82) is 0 Å². The van der Waals surface area contributed by atoms with E-state index in [1.165, 1.54) is 0 Å². The molecule has 3 aromatic heterocycles. The SMILES string of the molecule is Cc1cccc(-c2nc(CN)cc(-c3cncc(-c4ccc(OCCN(C)C)cc4)c3)n2)n1. The predicted molar refractivity (Wildman–Crippen MR) is 131 cm³/mol. The highest BCUT2D eigenvalue weighted by Gasteiger charge is 2.11. The molecule has 4 aromatic rings. The van der Waals surface area contributed by atoms with Crippen LogP contribution in [0.5, 0.6) is 5.75 Å². The summed E-state index contributed by atoms with van der Waals surface area (Å²) >= 11 is 0. The van der Waals surface area contributed by atoms with Crippen LogP contribution in [0.2, 0.25) is 0 Å². The summed E-state index contributed by atoms with van der Waals surface area (Å²) in [5.41, 5.74) is 12.0. The van der Waals surface area contributed by atoms with Gasteiger partial charge in [0.1, 0.15) is 18.1 Å². The molecule has 33 heavy (non-hydrogen) atoms. The minimum absolute atomic E-state index is 0.316. The van der Waals surface area contributed by atoms with Gasteiger partial charge in [0.2, 0.25) is 0 Å². The summed E-state index contributed by atoms with van der Waals surface area (Å²) in [6.45, 7) is 3.79. The van der Waals surface area contributed by atoms with Gasteiger partial charge in [0, 0.05) is 42.3 Å². The molecule has 7 nitrogen and oxygen atoms in total. The Morgan fingerprint density at radius 3 is 2.36 bits per heavy atom. The lowest BCUT2D eigenvalue weighted by Gasteiger charge is -2.11. The van der Waals surface area contributed by atoms with Crippen LogP contribution in [0.3, 0.4) is 0 Å². The molecule has 0 aliphatic heterocycles. The van der Waals surface area contributed by atoms with Crippen molar-refractivity contribution in [2.45, 2.75) is 13.5 Å². The molecule has 0 bridgehead atoms. The van der Waals surface area contributed by atoms with Crippen LogP contribution >= 0.6 is 0 Å². The van der Waals surface area contributed by atoms with Crippen molar-refractivity contribution in [1.82, 2.24) is 24.8 Å². The summed E-state index contributed by atoms with van der Waals surface area (Å²) in [7, 11) is 4.06. The summed E-state index contributed by atoms with van der Waals surface area (Å²) < 4.78 is 5.80. The molecule has 0 aliphatic rings. The standard InChI is InChI=1S/C26H28N6O/c1-18-5-4-6-24(29-18)26-30-22(15-27)14-25(31-26)21-13-20(16-28-17-21)19-7-9-23(10-8-19)33-12-11-32(2)3/h4-10,13-14,16-17H,11-12,15,27H2,1-3H3. The lowest BCUT2D eigenvalue weighted by molar-refractivity contribution is 0.261. The maximum absolute atomic E-state index is 5.92. The number of hydrogen-bond acceptors (Lipinski definition) is 7. The summed E-state index contributed by atoms with van der Waals surface area (Å²) in [6, 6.07) is 17.8. The first-order valence-corrected chi connectivity index (χ1v) is 10.9. The van der Waals surface area contributed by atoms with Crippen molar-refractivity contribution >= 4 is 0 Å². The summed E-state index contributed by atoms with van der Waals surface area (Å²) in [6.07, 6.45) is 3.65. The molecule has 7 heteroatoms. The maximum atomic E-state index is 5.92. The third-order valence-electron chi connectivity index (χ3n) is 5.13. The minimum atomic E-state index is 0.316. The van der Waals surface area contributed by atoms with E-state index < -0.39 is 0 Å². The zero-order valence-electron chi connectivity index (χ0n) is 19.2. The van der Waals surface area contributed by atoms with Gasteiger partial charge in [0.15, 0.2) is 5.82 Å². The van der Waals surface area contributed by atoms with E-state index in [2.05, 4.69) is 25.9 Å². The molecular formula is C26H28N6O. The monoisotopic (exact) mass is 440 g/mol. The molecular weight excluding hydrogens is 412 g/mol. The first-order chi connectivity index (χ1) is 16.0. The van der Waals surface area contributed by atoms with E-state index in [-0.39, 0.29) is 0 Å². The summed E-state index contributed by atoms with van der Waals surface area (Å²) in [5.74, 6) is 1.41. The van der Waals surface area contributed by atoms with Crippen LogP contribution in [0.1, 0.15) is 11.4 Å². The average Bonchev–Trinajstić information content (AvgIpc) is 2.84. The summed E-state index contributed by atoms with van der Waals surface area (Å²) in [5, 5.41) is 0. The van der Waals surface area contributed by atoms with Crippen LogP contribution in [0.4, 0.5) is 0 Å². The third kappa shape index (κ3) is 5.77. The van der Waals surface area contributed by atoms with E-state index in [1.54, 1.807) is 6.20 Å². The molecule has 0 radical (unpaired) electrons. The lowest BCUT2D eigenvalue weighted by Crippen LogP contribution is -2.19. The molecule has 3 heterocycles. The van der Waals surface area contributed by atoms with Crippen molar-refractivity contribution in [3.8, 4) is 39.7 Å². The van der Waals surface area contributed by atoms with Gasteiger partial charge in [-0.05, 0) is 63.0 Å². The second kappa shape index (κ2) is 10.3. The van der Waals surface area contributed by atoms with Gasteiger partial charge in [-0.1, -0.05) is 18.2 Å². The number of ether oxygens (including phenoxy) is 1. The van der Waals surface area contributed by atoms with Gasteiger partial charge in [-0.25, -0.2) is 15.0 Å². The normalized spacial score (nSPS) is 11.1. The predicted octanol–water partition coefficient (Wildman–Crippen LogP) is 3.98. The van der Waals surface area contributed by atoms with E-state index in [1.807, 2.05) is 75.7 Å². The van der Waals surface area contributed by atoms with E-state index >= 15 is 0 Å². The molecule has 0 spiro atoms. The highest BCUT2D eigenvalue weighted by atomic mass is 16.5. The van der Waals surface area contributed by atoms with Crippen molar-refractivity contribution in [3.63, 3.8) is 0 Å². The lowest BCUT2D eigenvalue weighted by atomic mass is 10.0. The van der Waals surface area contributed by atoms with Gasteiger partial charge >= 0.3 is 0 Å². The van der Waals surface area contributed by atoms with Gasteiger partial charge in [-0.2, -0.15) is 0 Å². The first kappa shape index (κ1) is 22.5. The third-order valence-corrected chi connectivity index (χ3v) is 5.13. The molecule has 168 valence electrons. The van der Waals surface area contributed by atoms with Crippen LogP contribution in [0.25, 0.3) is 33.9 Å². The Morgan fingerprint density at radius 2 is 1.64 bits per heavy atom. The maximum Gasteiger partial charge on any atom is 0.179 e. The van der Waals surface area contributed by atoms with E-state index in [9.17, 15) is 0 Å². The Kier molecular flexibility index (Phi) is 7.02. The van der Waals surface area contributed by atoms with E-state index in [4.69, 9.17) is 15.5 Å². The molecule has 0 saturated carbocycles. The number of likely N-dealkylation sites (N-methyl/N-ethyl adjacent to an activating group) is 1. The zero-order valence-corrected chi connectivity index (χ0v) is 19.2. The van der Waals surface area contributed by atoms with Crippen LogP contribution in [0, 0.1) is 6.92 Å². The molecule has 0 atom stereocenters. The topological polar surface area (TPSA) is 90.0 Å². The Bertz CT molecular complexity index is 1220. The number of aryl methyl sites for hydroxylation is 1. The fourth-order valence-corrected chi connectivity index (χ4v) is 3.36. The molecule has 4 rings (SSSR count). The Balaban J connectivity index is 1.62. The molecule has 0 saturated heterocycles. The second-order valence-corrected chi connectivity index (χ2v) is 8.07. The largest absolute Gasteiger partial charge is 0.492 e. The number of nitrogens with zero attached hydrogens (tertiary/aromatic N) is 5. The number of rotatable bonds is 8. The van der Waals surface area contributed by atoms with Crippen molar-refractivity contribution in [2.24, 2.45) is 5.73 Å². The Morgan fingerprint density at radius 1 is 0.848 bits per heavy atom. The fourth-order valence-electron chi connectivity index (χ4n) is 3.36. The fraction of sp³-hybridized carbons (Fsp3) is 0.231. The Hall–Kier alpha value is -3.68. The number of benzene rings is 1. The molecule has 1 aromatic carbocycles. The highest BCUT2D eigenvalue weighted by molar-refractivity contribution is 5.71. The Labute approximate surface area is 194 Å². The summed E-state index contributed by atoms with van der Waals surface area (Å²) in [4.78, 5) is 20.5. The van der Waals surface area contributed by atoms with Gasteiger partial charge in [0.25, 0.3) is 0 Å². The van der Waals surface area contributed by atoms with Gasteiger partial charge in [0.05, 0.1) is 11.4 Å². The quantitative estimate of drug-likeness (QED) is 0.443. The van der Waals surface area contributed by atoms with Crippen LogP contribution < -0.4 is 10.5 Å². The second-order valence-electron chi connectivity index (χ2n) is 8.07. The average molecular weight is 441 g/mol. The highest BCUT2D eigenvalue weighted by Crippen LogP contribution is 2.27. The first-order valence-electron chi connectivity index (χ1n) is 10.9. The number of nitrogens with two attached hydrogens (primary N) is 1. The molecule has 0 amide bonds. The van der Waals surface area contributed by atoms with Crippen molar-refractivity contribution < 1.29 is 4.74 Å². The van der Waals surface area contributed by atoms with Gasteiger partial charge < -0.3 is 15.4 Å². The van der Waals surface area contributed by atoms with Crippen LogP contribution in [-0.2, 0) is 6.54 Å². The minimum Gasteiger partial charge on any atom is -0.492 e. The van der Waals surface area contributed by atoms with Crippen molar-refractivity contribution in [2.75, 3.05) is 27.2 Å². The van der Waals surface area contributed by atoms with Crippen LogP contribution in [0.15, 0.2) is 67.0 Å². The van der Waals surface area contributed by atoms with Crippen molar-refractivity contribution in [3.05, 3.63) is 78.4 Å². The number of hydrogen-bond donors (Lipinski definition) is 1. The van der Waals surface area contributed by atoms with E-state index in [0.717, 1.165) is 51.8 Å². The van der Waals surface area contributed by atoms with Gasteiger partial charge in [-0.3, -0.25) is 4.98 Å². The number of pyridine rings is 2. The molecule has 2 N–H and O–H groups in total. The number of aromatic nitrogens is 4. The van der Waals surface area contributed by atoms with Crippen LogP contribution in [-0.4, -0.2) is 52.1 Å².